The van der Waals surface area contributed by atoms with Crippen LogP contribution in [0.3, 0.4) is 0 Å². The molecule has 9 heteroatoms. The average molecular weight is 295 g/mol. The van der Waals surface area contributed by atoms with Crippen LogP contribution < -0.4 is 5.32 Å². The second-order valence-corrected chi connectivity index (χ2v) is 4.80. The minimum atomic E-state index is -0.999. The normalized spacial score (nSPS) is 13.4. The number of halogens is 1. The van der Waals surface area contributed by atoms with Gasteiger partial charge in [0.2, 0.25) is 5.28 Å². The fourth-order valence-electron chi connectivity index (χ4n) is 2.07. The maximum atomic E-state index is 11.0. The maximum absolute atomic E-state index is 11.0. The van der Waals surface area contributed by atoms with Crippen molar-refractivity contribution in [1.82, 2.24) is 25.1 Å². The van der Waals surface area contributed by atoms with Gasteiger partial charge in [-0.25, -0.2) is 14.8 Å². The Balaban J connectivity index is 1.95. The van der Waals surface area contributed by atoms with Gasteiger partial charge in [-0.05, 0) is 18.5 Å². The third kappa shape index (κ3) is 2.25. The number of amides is 1. The van der Waals surface area contributed by atoms with Crippen molar-refractivity contribution in [1.29, 1.82) is 0 Å². The molecule has 3 heterocycles. The molecule has 0 radical (unpaired) electrons. The summed E-state index contributed by atoms with van der Waals surface area (Å²) >= 11 is 5.87. The number of nitrogens with zero attached hydrogens (tertiary/aromatic N) is 4. The van der Waals surface area contributed by atoms with Crippen LogP contribution in [0.5, 0.6) is 0 Å². The van der Waals surface area contributed by atoms with Gasteiger partial charge in [-0.15, -0.1) is 0 Å². The minimum absolute atomic E-state index is 0.0748. The largest absolute Gasteiger partial charge is 0.465 e. The number of aromatic nitrogens is 4. The molecule has 1 aliphatic heterocycles. The highest BCUT2D eigenvalue weighted by Crippen LogP contribution is 2.29. The molecule has 0 spiro atoms. The van der Waals surface area contributed by atoms with E-state index in [2.05, 4.69) is 25.5 Å². The zero-order chi connectivity index (χ0) is 14.3. The summed E-state index contributed by atoms with van der Waals surface area (Å²) < 4.78 is 0. The number of aryl methyl sites for hydroxylation is 1. The summed E-state index contributed by atoms with van der Waals surface area (Å²) in [4.78, 5) is 20.5. The van der Waals surface area contributed by atoms with Gasteiger partial charge in [0.05, 0.1) is 18.8 Å². The molecule has 0 saturated heterocycles. The van der Waals surface area contributed by atoms with E-state index in [9.17, 15) is 4.79 Å². The first-order chi connectivity index (χ1) is 9.52. The van der Waals surface area contributed by atoms with Crippen molar-refractivity contribution >= 4 is 29.3 Å². The highest BCUT2D eigenvalue weighted by Gasteiger charge is 2.28. The third-order valence-corrected chi connectivity index (χ3v) is 3.15. The fourth-order valence-corrected chi connectivity index (χ4v) is 2.25. The maximum Gasteiger partial charge on any atom is 0.407 e. The van der Waals surface area contributed by atoms with Crippen LogP contribution in [-0.2, 0) is 13.1 Å². The zero-order valence-corrected chi connectivity index (χ0v) is 11.3. The lowest BCUT2D eigenvalue weighted by atomic mass is 10.2. The summed E-state index contributed by atoms with van der Waals surface area (Å²) in [6.45, 7) is 2.32. The second-order valence-electron chi connectivity index (χ2n) is 4.47. The predicted molar refractivity (Wildman–Crippen MR) is 70.9 cm³/mol. The van der Waals surface area contributed by atoms with Crippen molar-refractivity contribution in [3.05, 3.63) is 28.3 Å². The Morgan fingerprint density at radius 2 is 2.30 bits per heavy atom. The van der Waals surface area contributed by atoms with E-state index in [1.165, 1.54) is 4.90 Å². The number of carboxylic acid groups (broad SMARTS) is 1. The van der Waals surface area contributed by atoms with E-state index in [-0.39, 0.29) is 18.4 Å². The third-order valence-electron chi connectivity index (χ3n) is 2.98. The smallest absolute Gasteiger partial charge is 0.407 e. The lowest BCUT2D eigenvalue weighted by Gasteiger charge is -2.09. The van der Waals surface area contributed by atoms with Gasteiger partial charge in [0.1, 0.15) is 5.82 Å². The first kappa shape index (κ1) is 12.7. The lowest BCUT2D eigenvalue weighted by molar-refractivity contribution is 0.145. The number of fused-ring (bicyclic) bond motifs is 1. The van der Waals surface area contributed by atoms with Crippen molar-refractivity contribution < 1.29 is 9.90 Å². The standard InChI is InChI=1S/C11H11ClN6O2/c1-5-2-8(17-16-5)14-9-6-3-18(11(19)20)4-7(6)13-10(12)15-9/h2H,3-4H2,1H3,(H,19,20)(H2,13,14,15,16,17). The summed E-state index contributed by atoms with van der Waals surface area (Å²) in [5, 5.41) is 19.0. The SMILES string of the molecule is Cc1cc(Nc2nc(Cl)nc3c2CN(C(=O)O)C3)n[nH]1. The number of carbonyl (C=O) groups is 1. The second kappa shape index (κ2) is 4.64. The van der Waals surface area contributed by atoms with Crippen molar-refractivity contribution in [2.24, 2.45) is 0 Å². The Morgan fingerprint density at radius 1 is 1.50 bits per heavy atom. The number of anilines is 2. The molecule has 3 rings (SSSR count). The topological polar surface area (TPSA) is 107 Å². The van der Waals surface area contributed by atoms with Crippen LogP contribution in [0, 0.1) is 6.92 Å². The van der Waals surface area contributed by atoms with Crippen LogP contribution in [0.4, 0.5) is 16.4 Å². The van der Waals surface area contributed by atoms with Gasteiger partial charge in [0.25, 0.3) is 0 Å². The molecule has 0 atom stereocenters. The summed E-state index contributed by atoms with van der Waals surface area (Å²) in [6.07, 6.45) is -0.999. The van der Waals surface area contributed by atoms with Gasteiger partial charge in [0, 0.05) is 17.3 Å². The molecule has 0 saturated carbocycles. The zero-order valence-electron chi connectivity index (χ0n) is 10.5. The molecule has 1 amide bonds. The fraction of sp³-hybridized carbons (Fsp3) is 0.273. The quantitative estimate of drug-likeness (QED) is 0.730. The molecule has 20 heavy (non-hydrogen) atoms. The van der Waals surface area contributed by atoms with E-state index in [1.54, 1.807) is 0 Å². The lowest BCUT2D eigenvalue weighted by Crippen LogP contribution is -2.22. The summed E-state index contributed by atoms with van der Waals surface area (Å²) in [6, 6.07) is 1.81. The highest BCUT2D eigenvalue weighted by atomic mass is 35.5. The van der Waals surface area contributed by atoms with E-state index >= 15 is 0 Å². The summed E-state index contributed by atoms with van der Waals surface area (Å²) in [5.41, 5.74) is 2.23. The Labute approximate surface area is 118 Å². The predicted octanol–water partition coefficient (Wildman–Crippen LogP) is 1.90. The van der Waals surface area contributed by atoms with Crippen molar-refractivity contribution in [2.45, 2.75) is 20.0 Å². The monoisotopic (exact) mass is 294 g/mol. The van der Waals surface area contributed by atoms with Crippen molar-refractivity contribution in [3.63, 3.8) is 0 Å². The number of hydrogen-bond acceptors (Lipinski definition) is 5. The van der Waals surface area contributed by atoms with Crippen LogP contribution in [0.1, 0.15) is 17.0 Å². The number of H-pyrrole nitrogens is 1. The molecular weight excluding hydrogens is 284 g/mol. The molecule has 2 aromatic heterocycles. The van der Waals surface area contributed by atoms with Crippen LogP contribution in [0.2, 0.25) is 5.28 Å². The molecule has 8 nitrogen and oxygen atoms in total. The van der Waals surface area contributed by atoms with Crippen LogP contribution in [0.15, 0.2) is 6.07 Å². The molecule has 104 valence electrons. The van der Waals surface area contributed by atoms with Gasteiger partial charge < -0.3 is 10.4 Å². The molecule has 1 aliphatic rings. The Hall–Kier alpha value is -2.35. The average Bonchev–Trinajstić information content (AvgIpc) is 2.95. The van der Waals surface area contributed by atoms with Crippen LogP contribution in [0.25, 0.3) is 0 Å². The van der Waals surface area contributed by atoms with Gasteiger partial charge in [-0.3, -0.25) is 10.00 Å². The van der Waals surface area contributed by atoms with E-state index in [0.29, 0.717) is 17.3 Å². The van der Waals surface area contributed by atoms with Gasteiger partial charge in [0.15, 0.2) is 5.82 Å². The Kier molecular flexibility index (Phi) is 2.94. The van der Waals surface area contributed by atoms with Gasteiger partial charge >= 0.3 is 6.09 Å². The van der Waals surface area contributed by atoms with E-state index in [1.807, 2.05) is 13.0 Å². The molecule has 0 aliphatic carbocycles. The summed E-state index contributed by atoms with van der Waals surface area (Å²) in [5.74, 6) is 1.07. The molecule has 3 N–H and O–H groups in total. The van der Waals surface area contributed by atoms with E-state index in [0.717, 1.165) is 11.3 Å². The molecule has 0 aromatic carbocycles. The molecule has 0 unspecified atom stereocenters. The summed E-state index contributed by atoms with van der Waals surface area (Å²) in [7, 11) is 0. The number of rotatable bonds is 2. The Morgan fingerprint density at radius 3 is 2.95 bits per heavy atom. The first-order valence-electron chi connectivity index (χ1n) is 5.85. The van der Waals surface area contributed by atoms with Crippen LogP contribution >= 0.6 is 11.6 Å². The number of aromatic amines is 1. The highest BCUT2D eigenvalue weighted by molar-refractivity contribution is 6.28. The van der Waals surface area contributed by atoms with E-state index < -0.39 is 6.09 Å². The van der Waals surface area contributed by atoms with Crippen molar-refractivity contribution in [3.8, 4) is 0 Å². The Bertz CT molecular complexity index is 686. The van der Waals surface area contributed by atoms with Crippen LogP contribution in [-0.4, -0.2) is 36.3 Å². The van der Waals surface area contributed by atoms with Gasteiger partial charge in [-0.2, -0.15) is 5.10 Å². The molecule has 2 aromatic rings. The van der Waals surface area contributed by atoms with Crippen molar-refractivity contribution in [2.75, 3.05) is 5.32 Å². The molecular formula is C11H11ClN6O2. The minimum Gasteiger partial charge on any atom is -0.465 e. The number of hydrogen-bond donors (Lipinski definition) is 3. The van der Waals surface area contributed by atoms with Gasteiger partial charge in [-0.1, -0.05) is 0 Å². The number of nitrogens with one attached hydrogen (secondary N) is 2. The first-order valence-corrected chi connectivity index (χ1v) is 6.23. The molecule has 0 fully saturated rings. The van der Waals surface area contributed by atoms with E-state index in [4.69, 9.17) is 16.7 Å². The molecule has 0 bridgehead atoms.